The maximum Gasteiger partial charge on any atom is 0.272 e. The van der Waals surface area contributed by atoms with Gasteiger partial charge in [0.2, 0.25) is 5.91 Å². The smallest absolute Gasteiger partial charge is 0.272 e. The van der Waals surface area contributed by atoms with E-state index in [1.165, 1.54) is 30.6 Å². The van der Waals surface area contributed by atoms with Crippen LogP contribution in [0.5, 0.6) is 11.5 Å². The largest absolute Gasteiger partial charge is 0.493 e. The van der Waals surface area contributed by atoms with Crippen LogP contribution in [0.15, 0.2) is 46.0 Å². The molecule has 12 heteroatoms. The third-order valence-electron chi connectivity index (χ3n) is 5.14. The molecular weight excluding hydrogens is 474 g/mol. The first-order chi connectivity index (χ1) is 16.8. The van der Waals surface area contributed by atoms with E-state index >= 15 is 0 Å². The van der Waals surface area contributed by atoms with Crippen LogP contribution < -0.4 is 31.2 Å². The minimum atomic E-state index is -0.562. The van der Waals surface area contributed by atoms with Gasteiger partial charge in [0.1, 0.15) is 9.88 Å². The number of H-pyrrole nitrogens is 2. The highest BCUT2D eigenvalue weighted by atomic mass is 32.1. The topological polar surface area (TPSA) is 155 Å². The van der Waals surface area contributed by atoms with Crippen LogP contribution in [0.2, 0.25) is 0 Å². The molecule has 0 aliphatic heterocycles. The van der Waals surface area contributed by atoms with E-state index in [-0.39, 0.29) is 23.0 Å². The fourth-order valence-electron chi connectivity index (χ4n) is 3.47. The number of nitrogens with one attached hydrogen (secondary N) is 4. The molecule has 0 aliphatic carbocycles. The van der Waals surface area contributed by atoms with Crippen LogP contribution in [0.25, 0.3) is 21.3 Å². The number of anilines is 1. The normalized spacial score (nSPS) is 10.7. The lowest BCUT2D eigenvalue weighted by molar-refractivity contribution is -0.115. The van der Waals surface area contributed by atoms with Gasteiger partial charge in [-0.1, -0.05) is 6.07 Å². The predicted molar refractivity (Wildman–Crippen MR) is 132 cm³/mol. The van der Waals surface area contributed by atoms with E-state index in [1.54, 1.807) is 32.2 Å². The molecule has 2 amide bonds. The number of aromatic amines is 2. The second-order valence-electron chi connectivity index (χ2n) is 7.37. The Morgan fingerprint density at radius 1 is 1.03 bits per heavy atom. The van der Waals surface area contributed by atoms with Gasteiger partial charge in [0.15, 0.2) is 11.5 Å². The number of hydrogen-bond donors (Lipinski definition) is 4. The second-order valence-corrected chi connectivity index (χ2v) is 8.37. The van der Waals surface area contributed by atoms with E-state index in [0.29, 0.717) is 27.1 Å². The molecule has 2 aromatic carbocycles. The molecule has 4 rings (SSSR count). The number of carbonyl (C=O) groups excluding carboxylic acids is 2. The summed E-state index contributed by atoms with van der Waals surface area (Å²) >= 11 is 1.18. The van der Waals surface area contributed by atoms with Crippen LogP contribution >= 0.6 is 11.3 Å². The van der Waals surface area contributed by atoms with Gasteiger partial charge in [-0.3, -0.25) is 29.4 Å². The number of rotatable bonds is 7. The summed E-state index contributed by atoms with van der Waals surface area (Å²) in [5.41, 5.74) is 0.387. The second kappa shape index (κ2) is 9.81. The van der Waals surface area contributed by atoms with Gasteiger partial charge in [0.25, 0.3) is 17.0 Å². The Labute approximate surface area is 202 Å². The number of ether oxygens (including phenoxy) is 2. The summed E-state index contributed by atoms with van der Waals surface area (Å²) < 4.78 is 10.6. The van der Waals surface area contributed by atoms with Crippen LogP contribution in [-0.2, 0) is 4.79 Å². The van der Waals surface area contributed by atoms with Gasteiger partial charge in [0, 0.05) is 5.56 Å². The first-order valence-electron chi connectivity index (χ1n) is 10.3. The highest BCUT2D eigenvalue weighted by molar-refractivity contribution is 7.17. The van der Waals surface area contributed by atoms with Gasteiger partial charge < -0.3 is 20.1 Å². The van der Waals surface area contributed by atoms with Crippen LogP contribution in [0.1, 0.15) is 15.4 Å². The zero-order valence-electron chi connectivity index (χ0n) is 19.0. The Bertz CT molecular complexity index is 1550. The Balaban J connectivity index is 1.47. The number of thiazole rings is 1. The molecule has 0 saturated carbocycles. The van der Waals surface area contributed by atoms with E-state index in [4.69, 9.17) is 9.47 Å². The lowest BCUT2D eigenvalue weighted by Crippen LogP contribution is -2.33. The molecule has 4 aromatic rings. The fourth-order valence-corrected chi connectivity index (χ4v) is 4.45. The van der Waals surface area contributed by atoms with Crippen molar-refractivity contribution in [2.45, 2.75) is 6.92 Å². The molecule has 11 nitrogen and oxygen atoms in total. The number of benzene rings is 2. The van der Waals surface area contributed by atoms with Crippen molar-refractivity contribution in [1.29, 1.82) is 0 Å². The third-order valence-corrected chi connectivity index (χ3v) is 6.35. The SMILES string of the molecule is COc1ccc(-c2nc(C)c(C(=O)NCC(=O)Nc3cccc4c(=O)[nH][nH]c(=O)c34)s2)cc1OC. The van der Waals surface area contributed by atoms with Gasteiger partial charge in [-0.2, -0.15) is 0 Å². The summed E-state index contributed by atoms with van der Waals surface area (Å²) in [6, 6.07) is 9.85. The first kappa shape index (κ1) is 23.7. The molecule has 0 unspecified atom stereocenters. The molecule has 0 spiro atoms. The number of nitrogens with zero attached hydrogens (tertiary/aromatic N) is 1. The van der Waals surface area contributed by atoms with Crippen molar-refractivity contribution in [3.63, 3.8) is 0 Å². The summed E-state index contributed by atoms with van der Waals surface area (Å²) in [5, 5.41) is 10.4. The minimum absolute atomic E-state index is 0.0498. The maximum atomic E-state index is 12.7. The summed E-state index contributed by atoms with van der Waals surface area (Å²) in [5.74, 6) is 0.0861. The molecule has 0 aliphatic rings. The molecular formula is C23H21N5O6S. The van der Waals surface area contributed by atoms with Gasteiger partial charge in [0.05, 0.1) is 42.9 Å². The van der Waals surface area contributed by atoms with E-state index in [0.717, 1.165) is 5.56 Å². The van der Waals surface area contributed by atoms with Crippen molar-refractivity contribution < 1.29 is 19.1 Å². The summed E-state index contributed by atoms with van der Waals surface area (Å²) in [6.45, 7) is 1.36. The number of hydrogen-bond acceptors (Lipinski definition) is 8. The van der Waals surface area contributed by atoms with E-state index in [9.17, 15) is 19.2 Å². The number of aryl methyl sites for hydroxylation is 1. The molecule has 0 radical (unpaired) electrons. The number of methoxy groups -OCH3 is 2. The Morgan fingerprint density at radius 2 is 1.77 bits per heavy atom. The molecule has 35 heavy (non-hydrogen) atoms. The summed E-state index contributed by atoms with van der Waals surface area (Å²) in [7, 11) is 3.08. The number of fused-ring (bicyclic) bond motifs is 1. The van der Waals surface area contributed by atoms with E-state index in [1.807, 2.05) is 6.07 Å². The van der Waals surface area contributed by atoms with Gasteiger partial charge in [-0.15, -0.1) is 11.3 Å². The third kappa shape index (κ3) is 4.77. The predicted octanol–water partition coefficient (Wildman–Crippen LogP) is 2.03. The van der Waals surface area contributed by atoms with Crippen molar-refractivity contribution in [3.05, 3.63) is 67.7 Å². The lowest BCUT2D eigenvalue weighted by Gasteiger charge is -2.08. The number of amides is 2. The average molecular weight is 496 g/mol. The van der Waals surface area contributed by atoms with Crippen molar-refractivity contribution in [2.24, 2.45) is 0 Å². The summed E-state index contributed by atoms with van der Waals surface area (Å²) in [6.07, 6.45) is 0. The first-order valence-corrected chi connectivity index (χ1v) is 11.2. The molecule has 2 heterocycles. The van der Waals surface area contributed by atoms with Crippen LogP contribution in [-0.4, -0.2) is 47.8 Å². The standard InChI is InChI=1S/C23H21N5O6S/c1-11-19(35-23(25-11)12-7-8-15(33-2)16(9-12)34-3)22(32)24-10-17(29)26-14-6-4-5-13-18(14)21(31)28-27-20(13)30/h4-9H,10H2,1-3H3,(H,24,32)(H,26,29)(H,27,30)(H,28,31). The molecule has 0 bridgehead atoms. The van der Waals surface area contributed by atoms with Gasteiger partial charge >= 0.3 is 0 Å². The highest BCUT2D eigenvalue weighted by Gasteiger charge is 2.18. The zero-order chi connectivity index (χ0) is 25.1. The number of aromatic nitrogens is 3. The molecule has 0 atom stereocenters. The molecule has 0 fully saturated rings. The maximum absolute atomic E-state index is 12.7. The molecule has 180 valence electrons. The van der Waals surface area contributed by atoms with Crippen LogP contribution in [0.3, 0.4) is 0 Å². The fraction of sp³-hybridized carbons (Fsp3) is 0.174. The Hall–Kier alpha value is -4.45. The van der Waals surface area contributed by atoms with Crippen LogP contribution in [0, 0.1) is 6.92 Å². The van der Waals surface area contributed by atoms with Crippen LogP contribution in [0.4, 0.5) is 5.69 Å². The van der Waals surface area contributed by atoms with Crippen molar-refractivity contribution >= 4 is 39.6 Å². The van der Waals surface area contributed by atoms with Crippen molar-refractivity contribution in [2.75, 3.05) is 26.1 Å². The quantitative estimate of drug-likeness (QED) is 0.306. The Morgan fingerprint density at radius 3 is 2.51 bits per heavy atom. The highest BCUT2D eigenvalue weighted by Crippen LogP contribution is 2.35. The average Bonchev–Trinajstić information content (AvgIpc) is 3.26. The summed E-state index contributed by atoms with van der Waals surface area (Å²) in [4.78, 5) is 54.1. The molecule has 2 aromatic heterocycles. The van der Waals surface area contributed by atoms with Crippen molar-refractivity contribution in [1.82, 2.24) is 20.5 Å². The molecule has 4 N–H and O–H groups in total. The van der Waals surface area contributed by atoms with E-state index in [2.05, 4.69) is 25.8 Å². The lowest BCUT2D eigenvalue weighted by atomic mass is 10.1. The van der Waals surface area contributed by atoms with Gasteiger partial charge in [-0.25, -0.2) is 4.98 Å². The van der Waals surface area contributed by atoms with E-state index < -0.39 is 22.9 Å². The minimum Gasteiger partial charge on any atom is -0.493 e. The van der Waals surface area contributed by atoms with Gasteiger partial charge in [-0.05, 0) is 37.3 Å². The number of carbonyl (C=O) groups is 2. The monoisotopic (exact) mass is 495 g/mol. The molecule has 0 saturated heterocycles. The Kier molecular flexibility index (Phi) is 6.64. The van der Waals surface area contributed by atoms with Crippen molar-refractivity contribution in [3.8, 4) is 22.1 Å². The zero-order valence-corrected chi connectivity index (χ0v) is 19.8.